The van der Waals surface area contributed by atoms with Crippen molar-refractivity contribution in [1.82, 2.24) is 4.98 Å². The van der Waals surface area contributed by atoms with Crippen LogP contribution in [0.25, 0.3) is 32.3 Å². The van der Waals surface area contributed by atoms with Gasteiger partial charge >= 0.3 is 0 Å². The summed E-state index contributed by atoms with van der Waals surface area (Å²) in [5, 5.41) is 8.14. The smallest absolute Gasteiger partial charge is 0.0267 e. The molecule has 1 heteroatoms. The minimum Gasteiger partial charge on any atom is -0.265 e. The zero-order valence-corrected chi connectivity index (χ0v) is 20.1. The van der Waals surface area contributed by atoms with Crippen molar-refractivity contribution in [2.24, 2.45) is 0 Å². The monoisotopic (exact) mass is 401 g/mol. The number of hydrogen-bond donors (Lipinski definition) is 0. The normalized spacial score (nSPS) is 8.67. The predicted molar refractivity (Wildman–Crippen MR) is 140 cm³/mol. The third-order valence-corrected chi connectivity index (χ3v) is 3.96. The summed E-state index contributed by atoms with van der Waals surface area (Å²) in [6.07, 6.45) is 3.50. The van der Waals surface area contributed by atoms with E-state index in [0.717, 1.165) is 0 Å². The fraction of sp³-hybridized carbons (Fsp3) is 0.276. The van der Waals surface area contributed by atoms with E-state index in [-0.39, 0.29) is 0 Å². The standard InChI is InChI=1S/C16H10.C5H5N.4C2H6/c1-3-11-7-9-13-5-2-6-14-10-8-12(4-1)15(11)16(13)14;1-2-4-6-5-3-1;4*1-2/h1-10H;1-5H;4*1-2H3. The Bertz CT molecular complexity index is 863. The molecule has 1 heterocycles. The van der Waals surface area contributed by atoms with Gasteiger partial charge in [0.25, 0.3) is 0 Å². The maximum Gasteiger partial charge on any atom is 0.0267 e. The van der Waals surface area contributed by atoms with Crippen LogP contribution < -0.4 is 0 Å². The summed E-state index contributed by atoms with van der Waals surface area (Å²) < 4.78 is 0. The first-order chi connectivity index (χ1) is 14.9. The number of pyridine rings is 1. The van der Waals surface area contributed by atoms with Crippen LogP contribution in [0.4, 0.5) is 0 Å². The zero-order valence-electron chi connectivity index (χ0n) is 20.1. The molecule has 0 radical (unpaired) electrons. The van der Waals surface area contributed by atoms with Crippen molar-refractivity contribution in [3.05, 3.63) is 91.3 Å². The lowest BCUT2D eigenvalue weighted by atomic mass is 9.95. The highest BCUT2D eigenvalue weighted by molar-refractivity contribution is 6.22. The number of rotatable bonds is 0. The molecule has 4 aromatic carbocycles. The highest BCUT2D eigenvalue weighted by Gasteiger charge is 2.05. The molecule has 160 valence electrons. The molecule has 0 saturated carbocycles. The van der Waals surface area contributed by atoms with Gasteiger partial charge in [0, 0.05) is 12.4 Å². The lowest BCUT2D eigenvalue weighted by Gasteiger charge is -2.09. The van der Waals surface area contributed by atoms with Gasteiger partial charge in [-0.25, -0.2) is 0 Å². The van der Waals surface area contributed by atoms with E-state index in [4.69, 9.17) is 0 Å². The lowest BCUT2D eigenvalue weighted by molar-refractivity contribution is 1.33. The molecule has 0 unspecified atom stereocenters. The van der Waals surface area contributed by atoms with Gasteiger partial charge in [-0.2, -0.15) is 0 Å². The van der Waals surface area contributed by atoms with Crippen LogP contribution in [0.1, 0.15) is 55.4 Å². The van der Waals surface area contributed by atoms with Gasteiger partial charge in [-0.3, -0.25) is 4.98 Å². The molecule has 0 aliphatic carbocycles. The SMILES string of the molecule is CC.CC.CC.CC.c1cc2ccc3cccc4ccc(c1)c2c34.c1ccncc1. The van der Waals surface area contributed by atoms with Crippen molar-refractivity contribution in [1.29, 1.82) is 0 Å². The molecular formula is C29H39N. The molecule has 0 fully saturated rings. The van der Waals surface area contributed by atoms with Crippen molar-refractivity contribution in [3.63, 3.8) is 0 Å². The van der Waals surface area contributed by atoms with E-state index in [1.807, 2.05) is 73.6 Å². The van der Waals surface area contributed by atoms with Gasteiger partial charge < -0.3 is 0 Å². The first-order valence-electron chi connectivity index (χ1n) is 11.4. The van der Waals surface area contributed by atoms with Gasteiger partial charge in [0.2, 0.25) is 0 Å². The van der Waals surface area contributed by atoms with Crippen LogP contribution >= 0.6 is 0 Å². The Morgan fingerprint density at radius 2 is 0.667 bits per heavy atom. The highest BCUT2D eigenvalue weighted by Crippen LogP contribution is 2.33. The van der Waals surface area contributed by atoms with Gasteiger partial charge in [0.1, 0.15) is 0 Å². The molecule has 1 aromatic heterocycles. The lowest BCUT2D eigenvalue weighted by Crippen LogP contribution is -1.82. The van der Waals surface area contributed by atoms with E-state index in [1.165, 1.54) is 32.3 Å². The first-order valence-corrected chi connectivity index (χ1v) is 11.4. The van der Waals surface area contributed by atoms with Crippen molar-refractivity contribution in [2.45, 2.75) is 55.4 Å². The second-order valence-corrected chi connectivity index (χ2v) is 5.31. The largest absolute Gasteiger partial charge is 0.265 e. The maximum atomic E-state index is 3.78. The molecule has 0 atom stereocenters. The summed E-state index contributed by atoms with van der Waals surface area (Å²) in [5.74, 6) is 0. The van der Waals surface area contributed by atoms with Crippen molar-refractivity contribution >= 4 is 32.3 Å². The van der Waals surface area contributed by atoms with Crippen LogP contribution in [0, 0.1) is 0 Å². The van der Waals surface area contributed by atoms with Crippen LogP contribution in [-0.2, 0) is 0 Å². The Labute approximate surface area is 184 Å². The topological polar surface area (TPSA) is 12.9 Å². The van der Waals surface area contributed by atoms with E-state index >= 15 is 0 Å². The van der Waals surface area contributed by atoms with Crippen LogP contribution in [0.5, 0.6) is 0 Å². The summed E-state index contributed by atoms with van der Waals surface area (Å²) >= 11 is 0. The number of hydrogen-bond acceptors (Lipinski definition) is 1. The summed E-state index contributed by atoms with van der Waals surface area (Å²) in [6, 6.07) is 27.6. The summed E-state index contributed by atoms with van der Waals surface area (Å²) in [6.45, 7) is 16.0. The third-order valence-electron chi connectivity index (χ3n) is 3.96. The minimum absolute atomic E-state index is 1.34. The van der Waals surface area contributed by atoms with Crippen molar-refractivity contribution < 1.29 is 0 Å². The average Bonchev–Trinajstić information content (AvgIpc) is 2.89. The van der Waals surface area contributed by atoms with Gasteiger partial charge in [-0.15, -0.1) is 0 Å². The Balaban J connectivity index is 0.000000507. The predicted octanol–water partition coefficient (Wildman–Crippen LogP) is 9.77. The highest BCUT2D eigenvalue weighted by atomic mass is 14.6. The van der Waals surface area contributed by atoms with Gasteiger partial charge in [-0.05, 0) is 44.5 Å². The average molecular weight is 402 g/mol. The molecule has 0 aliphatic heterocycles. The van der Waals surface area contributed by atoms with Gasteiger partial charge in [0.15, 0.2) is 0 Å². The fourth-order valence-electron chi connectivity index (χ4n) is 2.98. The summed E-state index contributed by atoms with van der Waals surface area (Å²) in [4.78, 5) is 3.78. The van der Waals surface area contributed by atoms with E-state index in [1.54, 1.807) is 12.4 Å². The van der Waals surface area contributed by atoms with Crippen LogP contribution in [0.15, 0.2) is 91.3 Å². The van der Waals surface area contributed by atoms with Crippen LogP contribution in [0.3, 0.4) is 0 Å². The second-order valence-electron chi connectivity index (χ2n) is 5.31. The summed E-state index contributed by atoms with van der Waals surface area (Å²) in [5.41, 5.74) is 0. The minimum atomic E-state index is 1.34. The Morgan fingerprint density at radius 3 is 0.867 bits per heavy atom. The number of benzene rings is 4. The van der Waals surface area contributed by atoms with E-state index < -0.39 is 0 Å². The molecule has 5 rings (SSSR count). The van der Waals surface area contributed by atoms with E-state index in [2.05, 4.69) is 65.6 Å². The molecule has 1 nitrogen and oxygen atoms in total. The van der Waals surface area contributed by atoms with Gasteiger partial charge in [0.05, 0.1) is 0 Å². The van der Waals surface area contributed by atoms with Crippen LogP contribution in [-0.4, -0.2) is 4.98 Å². The van der Waals surface area contributed by atoms with Crippen molar-refractivity contribution in [3.8, 4) is 0 Å². The molecule has 5 aromatic rings. The quantitative estimate of drug-likeness (QED) is 0.235. The number of aromatic nitrogens is 1. The molecule has 0 bridgehead atoms. The van der Waals surface area contributed by atoms with E-state index in [0.29, 0.717) is 0 Å². The third kappa shape index (κ3) is 7.15. The number of nitrogens with zero attached hydrogens (tertiary/aromatic N) is 1. The maximum absolute atomic E-state index is 3.78. The molecule has 0 saturated heterocycles. The fourth-order valence-corrected chi connectivity index (χ4v) is 2.98. The molecule has 0 amide bonds. The van der Waals surface area contributed by atoms with E-state index in [9.17, 15) is 0 Å². The molecule has 0 N–H and O–H groups in total. The Hall–Kier alpha value is -2.93. The molecule has 0 aliphatic rings. The second kappa shape index (κ2) is 17.0. The van der Waals surface area contributed by atoms with Crippen molar-refractivity contribution in [2.75, 3.05) is 0 Å². The molecular weight excluding hydrogens is 362 g/mol. The first kappa shape index (κ1) is 27.1. The Kier molecular flexibility index (Phi) is 15.3. The molecule has 30 heavy (non-hydrogen) atoms. The Morgan fingerprint density at radius 1 is 0.367 bits per heavy atom. The van der Waals surface area contributed by atoms with Crippen LogP contribution in [0.2, 0.25) is 0 Å². The molecule has 0 spiro atoms. The zero-order chi connectivity index (χ0) is 22.8. The summed E-state index contributed by atoms with van der Waals surface area (Å²) in [7, 11) is 0. The van der Waals surface area contributed by atoms with Gasteiger partial charge in [-0.1, -0.05) is 122 Å².